The number of aromatic nitrogens is 2. The first kappa shape index (κ1) is 17.0. The highest BCUT2D eigenvalue weighted by molar-refractivity contribution is 7.13. The number of hydrogen-bond donors (Lipinski definition) is 2. The summed E-state index contributed by atoms with van der Waals surface area (Å²) in [6.45, 7) is 3.93. The van der Waals surface area contributed by atoms with Crippen LogP contribution in [0.4, 0.5) is 0 Å². The molecule has 1 fully saturated rings. The number of aliphatic hydroxyl groups is 1. The van der Waals surface area contributed by atoms with Gasteiger partial charge in [0.2, 0.25) is 0 Å². The molecule has 0 saturated heterocycles. The van der Waals surface area contributed by atoms with Gasteiger partial charge in [-0.25, -0.2) is 4.98 Å². The monoisotopic (exact) mass is 345 g/mol. The van der Waals surface area contributed by atoms with Crippen LogP contribution in [-0.4, -0.2) is 33.1 Å². The van der Waals surface area contributed by atoms with Crippen molar-refractivity contribution in [1.82, 2.24) is 15.3 Å². The summed E-state index contributed by atoms with van der Waals surface area (Å²) in [6, 6.07) is 3.97. The van der Waals surface area contributed by atoms with Gasteiger partial charge in [-0.15, -0.1) is 11.3 Å². The summed E-state index contributed by atoms with van der Waals surface area (Å²) >= 11 is 1.47. The van der Waals surface area contributed by atoms with Gasteiger partial charge in [-0.2, -0.15) is 0 Å². The van der Waals surface area contributed by atoms with Crippen LogP contribution in [-0.2, 0) is 12.8 Å². The minimum absolute atomic E-state index is 0.0230. The van der Waals surface area contributed by atoms with E-state index in [-0.39, 0.29) is 18.1 Å². The Labute approximate surface area is 146 Å². The molecular weight excluding hydrogens is 322 g/mol. The summed E-state index contributed by atoms with van der Waals surface area (Å²) < 4.78 is 0. The summed E-state index contributed by atoms with van der Waals surface area (Å²) in [6.07, 6.45) is 6.40. The molecule has 0 radical (unpaired) electrons. The van der Waals surface area contributed by atoms with Crippen LogP contribution in [0.5, 0.6) is 0 Å². The molecule has 2 heterocycles. The fraction of sp³-hybridized carbons (Fsp3) is 0.500. The third kappa shape index (κ3) is 3.82. The molecule has 2 aromatic heterocycles. The number of carbonyl (C=O) groups is 1. The van der Waals surface area contributed by atoms with Crippen LogP contribution in [0.1, 0.15) is 45.7 Å². The normalized spacial score (nSPS) is 21.1. The number of amides is 1. The fourth-order valence-electron chi connectivity index (χ4n) is 3.11. The number of hydrogen-bond acceptors (Lipinski definition) is 5. The molecule has 0 aliphatic heterocycles. The Hall–Kier alpha value is -1.79. The van der Waals surface area contributed by atoms with E-state index < -0.39 is 0 Å². The molecule has 1 aliphatic carbocycles. The lowest BCUT2D eigenvalue weighted by atomic mass is 9.75. The Morgan fingerprint density at radius 3 is 2.71 bits per heavy atom. The second kappa shape index (κ2) is 7.40. The maximum Gasteiger partial charge on any atom is 0.263 e. The van der Waals surface area contributed by atoms with E-state index in [4.69, 9.17) is 0 Å². The average Bonchev–Trinajstić information content (AvgIpc) is 2.93. The highest BCUT2D eigenvalue weighted by Gasteiger charge is 2.35. The predicted octanol–water partition coefficient (Wildman–Crippen LogP) is 2.52. The fourth-order valence-corrected chi connectivity index (χ4v) is 4.02. The number of nitrogens with zero attached hydrogens (tertiary/aromatic N) is 2. The van der Waals surface area contributed by atoms with Crippen molar-refractivity contribution in [2.24, 2.45) is 5.92 Å². The van der Waals surface area contributed by atoms with Crippen molar-refractivity contribution in [2.75, 3.05) is 0 Å². The number of nitrogens with one attached hydrogen (secondary N) is 1. The van der Waals surface area contributed by atoms with E-state index in [1.54, 1.807) is 12.4 Å². The molecule has 3 rings (SSSR count). The molecule has 1 unspecified atom stereocenters. The SMILES string of the molecule is CCc1nc(C)c(C(=O)NC(Cc2ccncc2)C2CC(O)C2)s1. The first-order chi connectivity index (χ1) is 11.6. The largest absolute Gasteiger partial charge is 0.393 e. The molecule has 6 heteroatoms. The zero-order chi connectivity index (χ0) is 17.1. The minimum atomic E-state index is -0.233. The third-order valence-electron chi connectivity index (χ3n) is 4.59. The first-order valence-corrected chi connectivity index (χ1v) is 9.22. The summed E-state index contributed by atoms with van der Waals surface area (Å²) in [4.78, 5) is 21.9. The molecule has 0 spiro atoms. The quantitative estimate of drug-likeness (QED) is 0.843. The van der Waals surface area contributed by atoms with Crippen molar-refractivity contribution in [3.63, 3.8) is 0 Å². The lowest BCUT2D eigenvalue weighted by molar-refractivity contribution is 0.0239. The maximum absolute atomic E-state index is 12.7. The molecule has 2 N–H and O–H groups in total. The third-order valence-corrected chi connectivity index (χ3v) is 5.89. The van der Waals surface area contributed by atoms with Gasteiger partial charge in [0.1, 0.15) is 4.88 Å². The molecule has 0 aromatic carbocycles. The van der Waals surface area contributed by atoms with Gasteiger partial charge in [-0.1, -0.05) is 6.92 Å². The summed E-state index contributed by atoms with van der Waals surface area (Å²) in [5.41, 5.74) is 1.94. The average molecular weight is 345 g/mol. The number of carbonyl (C=O) groups excluding carboxylic acids is 1. The molecule has 2 aromatic rings. The zero-order valence-electron chi connectivity index (χ0n) is 14.0. The summed E-state index contributed by atoms with van der Waals surface area (Å²) in [5, 5.41) is 13.8. The van der Waals surface area contributed by atoms with Crippen LogP contribution in [0.3, 0.4) is 0 Å². The second-order valence-electron chi connectivity index (χ2n) is 6.40. The van der Waals surface area contributed by atoms with E-state index in [9.17, 15) is 9.90 Å². The lowest BCUT2D eigenvalue weighted by Gasteiger charge is -2.38. The molecule has 1 amide bonds. The van der Waals surface area contributed by atoms with Crippen LogP contribution >= 0.6 is 11.3 Å². The molecule has 1 aliphatic rings. The molecule has 5 nitrogen and oxygen atoms in total. The van der Waals surface area contributed by atoms with E-state index in [1.165, 1.54) is 11.3 Å². The number of aryl methyl sites for hydroxylation is 2. The van der Waals surface area contributed by atoms with Crippen molar-refractivity contribution >= 4 is 17.2 Å². The Morgan fingerprint density at radius 2 is 2.12 bits per heavy atom. The standard InChI is InChI=1S/C18H23N3O2S/c1-3-16-20-11(2)17(24-16)18(23)21-15(13-9-14(22)10-13)8-12-4-6-19-7-5-12/h4-7,13-15,22H,3,8-10H2,1-2H3,(H,21,23). The first-order valence-electron chi connectivity index (χ1n) is 8.41. The maximum atomic E-state index is 12.7. The van der Waals surface area contributed by atoms with E-state index in [1.807, 2.05) is 26.0 Å². The Bertz CT molecular complexity index is 696. The van der Waals surface area contributed by atoms with Gasteiger partial charge in [0.25, 0.3) is 5.91 Å². The summed E-state index contributed by atoms with van der Waals surface area (Å²) in [5.74, 6) is 0.265. The Morgan fingerprint density at radius 1 is 1.42 bits per heavy atom. The molecule has 24 heavy (non-hydrogen) atoms. The molecule has 1 saturated carbocycles. The van der Waals surface area contributed by atoms with Crippen LogP contribution in [0, 0.1) is 12.8 Å². The van der Waals surface area contributed by atoms with Crippen LogP contribution in [0.15, 0.2) is 24.5 Å². The van der Waals surface area contributed by atoms with Crippen molar-refractivity contribution in [3.8, 4) is 0 Å². The van der Waals surface area contributed by atoms with Crippen molar-refractivity contribution < 1.29 is 9.90 Å². The predicted molar refractivity (Wildman–Crippen MR) is 94.2 cm³/mol. The van der Waals surface area contributed by atoms with Gasteiger partial charge in [0.05, 0.1) is 16.8 Å². The molecule has 128 valence electrons. The van der Waals surface area contributed by atoms with Crippen LogP contribution < -0.4 is 5.32 Å². The van der Waals surface area contributed by atoms with E-state index >= 15 is 0 Å². The molecule has 1 atom stereocenters. The van der Waals surface area contributed by atoms with Crippen LogP contribution in [0.25, 0.3) is 0 Å². The van der Waals surface area contributed by atoms with E-state index in [0.717, 1.165) is 41.9 Å². The topological polar surface area (TPSA) is 75.1 Å². The number of aliphatic hydroxyl groups excluding tert-OH is 1. The van der Waals surface area contributed by atoms with Crippen molar-refractivity contribution in [1.29, 1.82) is 0 Å². The minimum Gasteiger partial charge on any atom is -0.393 e. The Balaban J connectivity index is 1.73. The van der Waals surface area contributed by atoms with E-state index in [2.05, 4.69) is 15.3 Å². The Kier molecular flexibility index (Phi) is 5.26. The number of rotatable bonds is 6. The highest BCUT2D eigenvalue weighted by Crippen LogP contribution is 2.32. The van der Waals surface area contributed by atoms with Gasteiger partial charge in [-0.3, -0.25) is 9.78 Å². The van der Waals surface area contributed by atoms with Gasteiger partial charge >= 0.3 is 0 Å². The molecular formula is C18H23N3O2S. The van der Waals surface area contributed by atoms with Crippen molar-refractivity contribution in [2.45, 2.75) is 51.7 Å². The van der Waals surface area contributed by atoms with Gasteiger partial charge in [-0.05, 0) is 56.2 Å². The molecule has 0 bridgehead atoms. The summed E-state index contributed by atoms with van der Waals surface area (Å²) in [7, 11) is 0. The van der Waals surface area contributed by atoms with Gasteiger partial charge in [0, 0.05) is 18.4 Å². The number of pyridine rings is 1. The van der Waals surface area contributed by atoms with Crippen LogP contribution in [0.2, 0.25) is 0 Å². The van der Waals surface area contributed by atoms with Gasteiger partial charge in [0.15, 0.2) is 0 Å². The van der Waals surface area contributed by atoms with E-state index in [0.29, 0.717) is 10.8 Å². The van der Waals surface area contributed by atoms with Crippen molar-refractivity contribution in [3.05, 3.63) is 45.7 Å². The smallest absolute Gasteiger partial charge is 0.263 e. The second-order valence-corrected chi connectivity index (χ2v) is 7.48. The lowest BCUT2D eigenvalue weighted by Crippen LogP contribution is -2.48. The highest BCUT2D eigenvalue weighted by atomic mass is 32.1. The number of thiazole rings is 1. The zero-order valence-corrected chi connectivity index (χ0v) is 14.8. The van der Waals surface area contributed by atoms with Gasteiger partial charge < -0.3 is 10.4 Å².